The summed E-state index contributed by atoms with van der Waals surface area (Å²) < 4.78 is 5.43. The molecule has 0 aromatic rings. The molecule has 0 amide bonds. The molecule has 0 aliphatic carbocycles. The Balaban J connectivity index is 3.51. The predicted octanol–water partition coefficient (Wildman–Crippen LogP) is 0.724. The third-order valence-corrected chi connectivity index (χ3v) is 1.90. The van der Waals surface area contributed by atoms with Crippen molar-refractivity contribution in [3.05, 3.63) is 0 Å². The van der Waals surface area contributed by atoms with Gasteiger partial charge in [-0.2, -0.15) is 0 Å². The largest absolute Gasteiger partial charge is 0.388 e. The van der Waals surface area contributed by atoms with Gasteiger partial charge in [-0.05, 0) is 34.9 Å². The van der Waals surface area contributed by atoms with Crippen LogP contribution in [0.4, 0.5) is 0 Å². The highest BCUT2D eigenvalue weighted by Crippen LogP contribution is 2.10. The molecule has 0 spiro atoms. The average molecular weight is 175 g/mol. The van der Waals surface area contributed by atoms with E-state index < -0.39 is 5.60 Å². The normalized spacial score (nSPS) is 15.2. The van der Waals surface area contributed by atoms with Crippen molar-refractivity contribution >= 4 is 0 Å². The molecule has 3 heteroatoms. The van der Waals surface area contributed by atoms with Crippen LogP contribution in [-0.4, -0.2) is 49.0 Å². The fourth-order valence-electron chi connectivity index (χ4n) is 0.616. The molecule has 0 saturated carbocycles. The Morgan fingerprint density at radius 3 is 2.25 bits per heavy atom. The Bertz CT molecular complexity index is 118. The lowest BCUT2D eigenvalue weighted by molar-refractivity contribution is -0.0804. The summed E-state index contributed by atoms with van der Waals surface area (Å²) in [4.78, 5) is 2.05. The van der Waals surface area contributed by atoms with Crippen LogP contribution >= 0.6 is 0 Å². The summed E-state index contributed by atoms with van der Waals surface area (Å²) >= 11 is 0. The lowest BCUT2D eigenvalue weighted by Crippen LogP contribution is -2.37. The summed E-state index contributed by atoms with van der Waals surface area (Å²) in [5.74, 6) is 0. The van der Waals surface area contributed by atoms with Gasteiger partial charge in [0.15, 0.2) is 0 Å². The molecule has 0 aromatic heterocycles. The number of ether oxygens (including phenoxy) is 1. The molecule has 0 aliphatic heterocycles. The molecule has 74 valence electrons. The molecular formula is C9H21NO2. The van der Waals surface area contributed by atoms with Gasteiger partial charge in [0.25, 0.3) is 0 Å². The zero-order valence-corrected chi connectivity index (χ0v) is 8.79. The van der Waals surface area contributed by atoms with Crippen molar-refractivity contribution in [3.8, 4) is 0 Å². The van der Waals surface area contributed by atoms with Gasteiger partial charge in [0, 0.05) is 6.54 Å². The van der Waals surface area contributed by atoms with E-state index >= 15 is 0 Å². The Kier molecular flexibility index (Phi) is 4.75. The molecule has 0 rings (SSSR count). The number of rotatable bonds is 5. The molecule has 0 radical (unpaired) electrons. The van der Waals surface area contributed by atoms with E-state index in [0.29, 0.717) is 6.61 Å². The first-order valence-electron chi connectivity index (χ1n) is 4.32. The van der Waals surface area contributed by atoms with Crippen LogP contribution in [0.2, 0.25) is 0 Å². The van der Waals surface area contributed by atoms with Crippen molar-refractivity contribution in [3.63, 3.8) is 0 Å². The lowest BCUT2D eigenvalue weighted by Gasteiger charge is -2.26. The first-order chi connectivity index (χ1) is 5.34. The molecule has 0 aromatic carbocycles. The van der Waals surface area contributed by atoms with E-state index in [9.17, 15) is 5.11 Å². The van der Waals surface area contributed by atoms with Crippen LogP contribution in [0.5, 0.6) is 0 Å². The Labute approximate surface area is 75.3 Å². The third-order valence-electron chi connectivity index (χ3n) is 1.90. The fourth-order valence-corrected chi connectivity index (χ4v) is 0.616. The lowest BCUT2D eigenvalue weighted by atomic mass is 10.0. The predicted molar refractivity (Wildman–Crippen MR) is 50.3 cm³/mol. The maximum atomic E-state index is 9.51. The number of aliphatic hydroxyl groups is 1. The SMILES string of the molecule is C[C@H](OCCN(C)C)C(C)(C)O. The summed E-state index contributed by atoms with van der Waals surface area (Å²) in [6.45, 7) is 6.95. The minimum absolute atomic E-state index is 0.113. The Morgan fingerprint density at radius 1 is 1.42 bits per heavy atom. The van der Waals surface area contributed by atoms with Crippen molar-refractivity contribution in [1.82, 2.24) is 4.90 Å². The van der Waals surface area contributed by atoms with Gasteiger partial charge in [-0.15, -0.1) is 0 Å². The Morgan fingerprint density at radius 2 is 1.92 bits per heavy atom. The van der Waals surface area contributed by atoms with E-state index in [1.807, 2.05) is 21.0 Å². The summed E-state index contributed by atoms with van der Waals surface area (Å²) in [7, 11) is 4.00. The minimum atomic E-state index is -0.744. The van der Waals surface area contributed by atoms with E-state index in [-0.39, 0.29) is 6.10 Å². The van der Waals surface area contributed by atoms with Crippen molar-refractivity contribution in [2.24, 2.45) is 0 Å². The molecule has 0 saturated heterocycles. The highest BCUT2D eigenvalue weighted by molar-refractivity contribution is 4.73. The second-order valence-electron chi connectivity index (χ2n) is 3.97. The maximum Gasteiger partial charge on any atom is 0.0849 e. The summed E-state index contributed by atoms with van der Waals surface area (Å²) in [6, 6.07) is 0. The number of hydrogen-bond donors (Lipinski definition) is 1. The van der Waals surface area contributed by atoms with E-state index in [1.54, 1.807) is 13.8 Å². The van der Waals surface area contributed by atoms with Crippen molar-refractivity contribution in [2.45, 2.75) is 32.5 Å². The molecule has 3 nitrogen and oxygen atoms in total. The van der Waals surface area contributed by atoms with Gasteiger partial charge in [-0.25, -0.2) is 0 Å². The first-order valence-corrected chi connectivity index (χ1v) is 4.32. The van der Waals surface area contributed by atoms with E-state index in [2.05, 4.69) is 4.90 Å². The molecule has 0 heterocycles. The van der Waals surface area contributed by atoms with Crippen LogP contribution in [0.25, 0.3) is 0 Å². The van der Waals surface area contributed by atoms with Crippen LogP contribution in [0.1, 0.15) is 20.8 Å². The van der Waals surface area contributed by atoms with Crippen LogP contribution in [-0.2, 0) is 4.74 Å². The minimum Gasteiger partial charge on any atom is -0.388 e. The monoisotopic (exact) mass is 175 g/mol. The highest BCUT2D eigenvalue weighted by atomic mass is 16.5. The third kappa shape index (κ3) is 5.52. The van der Waals surface area contributed by atoms with Gasteiger partial charge in [0.2, 0.25) is 0 Å². The van der Waals surface area contributed by atoms with Crippen LogP contribution in [0, 0.1) is 0 Å². The van der Waals surface area contributed by atoms with Gasteiger partial charge in [-0.1, -0.05) is 0 Å². The summed E-state index contributed by atoms with van der Waals surface area (Å²) in [5, 5.41) is 9.51. The smallest absolute Gasteiger partial charge is 0.0849 e. The summed E-state index contributed by atoms with van der Waals surface area (Å²) in [6.07, 6.45) is -0.113. The van der Waals surface area contributed by atoms with Gasteiger partial charge < -0.3 is 14.7 Å². The topological polar surface area (TPSA) is 32.7 Å². The zero-order valence-electron chi connectivity index (χ0n) is 8.79. The summed E-state index contributed by atoms with van der Waals surface area (Å²) in [5.41, 5.74) is -0.744. The molecule has 12 heavy (non-hydrogen) atoms. The second-order valence-corrected chi connectivity index (χ2v) is 3.97. The average Bonchev–Trinajstić information content (AvgIpc) is 1.84. The van der Waals surface area contributed by atoms with Crippen molar-refractivity contribution < 1.29 is 9.84 Å². The van der Waals surface area contributed by atoms with Crippen LogP contribution < -0.4 is 0 Å². The number of nitrogens with zero attached hydrogens (tertiary/aromatic N) is 1. The van der Waals surface area contributed by atoms with Gasteiger partial charge in [0.05, 0.1) is 18.3 Å². The number of likely N-dealkylation sites (N-methyl/N-ethyl adjacent to an activating group) is 1. The molecular weight excluding hydrogens is 154 g/mol. The zero-order chi connectivity index (χ0) is 9.78. The number of hydrogen-bond acceptors (Lipinski definition) is 3. The molecule has 0 fully saturated rings. The molecule has 0 aliphatic rings. The molecule has 0 bridgehead atoms. The van der Waals surface area contributed by atoms with Gasteiger partial charge >= 0.3 is 0 Å². The highest BCUT2D eigenvalue weighted by Gasteiger charge is 2.22. The van der Waals surface area contributed by atoms with Gasteiger partial charge in [-0.3, -0.25) is 0 Å². The van der Waals surface area contributed by atoms with Gasteiger partial charge in [0.1, 0.15) is 0 Å². The first kappa shape index (κ1) is 11.9. The van der Waals surface area contributed by atoms with E-state index in [1.165, 1.54) is 0 Å². The molecule has 0 unspecified atom stereocenters. The quantitative estimate of drug-likeness (QED) is 0.668. The molecule has 1 atom stereocenters. The Hall–Kier alpha value is -0.120. The van der Waals surface area contributed by atoms with Crippen LogP contribution in [0.15, 0.2) is 0 Å². The van der Waals surface area contributed by atoms with Crippen molar-refractivity contribution in [1.29, 1.82) is 0 Å². The van der Waals surface area contributed by atoms with Crippen molar-refractivity contribution in [2.75, 3.05) is 27.2 Å². The fraction of sp³-hybridized carbons (Fsp3) is 1.00. The standard InChI is InChI=1S/C9H21NO2/c1-8(9(2,3)11)12-7-6-10(4)5/h8,11H,6-7H2,1-5H3/t8-/m0/s1. The van der Waals surface area contributed by atoms with E-state index in [0.717, 1.165) is 6.54 Å². The maximum absolute atomic E-state index is 9.51. The molecule has 1 N–H and O–H groups in total. The van der Waals surface area contributed by atoms with E-state index in [4.69, 9.17) is 4.74 Å². The van der Waals surface area contributed by atoms with Crippen LogP contribution in [0.3, 0.4) is 0 Å². The second kappa shape index (κ2) is 4.80.